The minimum Gasteiger partial charge on any atom is -0.326 e. The number of nitrogens with zero attached hydrogens (tertiary/aromatic N) is 1. The van der Waals surface area contributed by atoms with Crippen LogP contribution in [0.5, 0.6) is 0 Å². The van der Waals surface area contributed by atoms with E-state index < -0.39 is 10.0 Å². The van der Waals surface area contributed by atoms with Gasteiger partial charge in [0.25, 0.3) is 0 Å². The Kier molecular flexibility index (Phi) is 5.49. The summed E-state index contributed by atoms with van der Waals surface area (Å²) in [6, 6.07) is 14.4. The van der Waals surface area contributed by atoms with E-state index in [2.05, 4.69) is 15.0 Å². The van der Waals surface area contributed by atoms with Crippen LogP contribution in [0.2, 0.25) is 0 Å². The molecule has 0 spiro atoms. The summed E-state index contributed by atoms with van der Waals surface area (Å²) in [6.07, 6.45) is 1.86. The van der Waals surface area contributed by atoms with Gasteiger partial charge in [-0.25, -0.2) is 18.1 Å². The summed E-state index contributed by atoms with van der Waals surface area (Å²) in [5.74, 6) is -0.240. The number of rotatable bonds is 7. The molecule has 0 atom stereocenters. The summed E-state index contributed by atoms with van der Waals surface area (Å²) < 4.78 is 27.3. The molecule has 6 nitrogen and oxygen atoms in total. The quantitative estimate of drug-likeness (QED) is 0.601. The Morgan fingerprint density at radius 2 is 1.93 bits per heavy atom. The first-order chi connectivity index (χ1) is 13.9. The van der Waals surface area contributed by atoms with E-state index >= 15 is 0 Å². The van der Waals surface area contributed by atoms with Gasteiger partial charge in [-0.3, -0.25) is 4.79 Å². The highest BCUT2D eigenvalue weighted by atomic mass is 32.2. The fourth-order valence-corrected chi connectivity index (χ4v) is 4.99. The molecule has 29 heavy (non-hydrogen) atoms. The minimum absolute atomic E-state index is 0.0330. The summed E-state index contributed by atoms with van der Waals surface area (Å²) in [4.78, 5) is 17.1. The van der Waals surface area contributed by atoms with Crippen molar-refractivity contribution in [1.82, 2.24) is 9.71 Å². The Morgan fingerprint density at radius 3 is 2.66 bits per heavy atom. The van der Waals surface area contributed by atoms with Gasteiger partial charge >= 0.3 is 0 Å². The number of hydrogen-bond donors (Lipinski definition) is 2. The zero-order valence-corrected chi connectivity index (χ0v) is 17.5. The van der Waals surface area contributed by atoms with Crippen molar-refractivity contribution in [3.8, 4) is 10.6 Å². The Balaban J connectivity index is 1.41. The van der Waals surface area contributed by atoms with Crippen molar-refractivity contribution in [3.05, 3.63) is 65.2 Å². The molecule has 0 radical (unpaired) electrons. The number of carbonyl (C=O) groups excluding carboxylic acids is 1. The number of hydrogen-bond acceptors (Lipinski definition) is 5. The normalized spacial score (nSPS) is 14.0. The van der Waals surface area contributed by atoms with Gasteiger partial charge in [0.1, 0.15) is 5.01 Å². The lowest BCUT2D eigenvalue weighted by atomic mass is 10.2. The maximum absolute atomic E-state index is 12.4. The third-order valence-electron chi connectivity index (χ3n) is 4.52. The van der Waals surface area contributed by atoms with E-state index in [9.17, 15) is 13.2 Å². The lowest BCUT2D eigenvalue weighted by Gasteiger charge is -2.08. The monoisotopic (exact) mass is 427 g/mol. The third-order valence-corrected chi connectivity index (χ3v) is 6.98. The average molecular weight is 428 g/mol. The number of thiazole rings is 1. The SMILES string of the molecule is Cc1ccc(-c2nc(CC(=O)Nc3cccc(S(=O)(=O)NC4CC4)c3)cs2)cc1. The van der Waals surface area contributed by atoms with Crippen molar-refractivity contribution < 1.29 is 13.2 Å². The van der Waals surface area contributed by atoms with Crippen molar-refractivity contribution in [2.45, 2.75) is 37.1 Å². The molecule has 4 rings (SSSR count). The predicted molar refractivity (Wildman–Crippen MR) is 114 cm³/mol. The molecule has 2 aromatic carbocycles. The molecule has 1 aliphatic carbocycles. The molecule has 8 heteroatoms. The summed E-state index contributed by atoms with van der Waals surface area (Å²) in [7, 11) is -3.56. The molecule has 3 aromatic rings. The number of amides is 1. The average Bonchev–Trinajstić information content (AvgIpc) is 3.37. The third kappa shape index (κ3) is 5.09. The second-order valence-electron chi connectivity index (χ2n) is 7.16. The molecule has 1 saturated carbocycles. The first-order valence-electron chi connectivity index (χ1n) is 9.33. The molecule has 0 bridgehead atoms. The molecule has 1 heterocycles. The number of anilines is 1. The fraction of sp³-hybridized carbons (Fsp3) is 0.238. The van der Waals surface area contributed by atoms with E-state index in [0.717, 1.165) is 23.4 Å². The van der Waals surface area contributed by atoms with Crippen LogP contribution in [0.15, 0.2) is 58.8 Å². The van der Waals surface area contributed by atoms with Crippen LogP contribution in [-0.4, -0.2) is 25.4 Å². The van der Waals surface area contributed by atoms with Crippen LogP contribution in [0.3, 0.4) is 0 Å². The number of aryl methyl sites for hydroxylation is 1. The van der Waals surface area contributed by atoms with E-state index in [-0.39, 0.29) is 23.3 Å². The highest BCUT2D eigenvalue weighted by Gasteiger charge is 2.28. The second-order valence-corrected chi connectivity index (χ2v) is 9.73. The van der Waals surface area contributed by atoms with Gasteiger partial charge in [0.15, 0.2) is 0 Å². The molecule has 1 aromatic heterocycles. The zero-order chi connectivity index (χ0) is 20.4. The maximum Gasteiger partial charge on any atom is 0.240 e. The molecule has 1 aliphatic rings. The molecule has 1 amide bonds. The first kappa shape index (κ1) is 19.8. The fourth-order valence-electron chi connectivity index (χ4n) is 2.82. The van der Waals surface area contributed by atoms with Crippen molar-refractivity contribution >= 4 is 33.0 Å². The van der Waals surface area contributed by atoms with Crippen LogP contribution in [-0.2, 0) is 21.2 Å². The summed E-state index contributed by atoms with van der Waals surface area (Å²) >= 11 is 1.50. The van der Waals surface area contributed by atoms with Crippen molar-refractivity contribution in [3.63, 3.8) is 0 Å². The number of carbonyl (C=O) groups is 1. The highest BCUT2D eigenvalue weighted by molar-refractivity contribution is 7.89. The van der Waals surface area contributed by atoms with Gasteiger partial charge in [0, 0.05) is 22.7 Å². The van der Waals surface area contributed by atoms with Crippen LogP contribution < -0.4 is 10.0 Å². The van der Waals surface area contributed by atoms with Gasteiger partial charge in [-0.1, -0.05) is 35.9 Å². The van der Waals surface area contributed by atoms with Crippen molar-refractivity contribution in [1.29, 1.82) is 0 Å². The van der Waals surface area contributed by atoms with Crippen LogP contribution in [0.4, 0.5) is 5.69 Å². The lowest BCUT2D eigenvalue weighted by molar-refractivity contribution is -0.115. The summed E-state index contributed by atoms with van der Waals surface area (Å²) in [5, 5.41) is 5.50. The van der Waals surface area contributed by atoms with E-state index in [1.54, 1.807) is 12.1 Å². The molecule has 150 valence electrons. The van der Waals surface area contributed by atoms with Crippen LogP contribution >= 0.6 is 11.3 Å². The van der Waals surface area contributed by atoms with Crippen LogP contribution in [0.1, 0.15) is 24.1 Å². The van der Waals surface area contributed by atoms with E-state index in [0.29, 0.717) is 11.4 Å². The number of benzene rings is 2. The second kappa shape index (κ2) is 8.06. The van der Waals surface area contributed by atoms with Gasteiger partial charge in [-0.05, 0) is 38.0 Å². The van der Waals surface area contributed by atoms with Crippen LogP contribution in [0, 0.1) is 6.92 Å². The molecule has 0 saturated heterocycles. The highest BCUT2D eigenvalue weighted by Crippen LogP contribution is 2.25. The zero-order valence-electron chi connectivity index (χ0n) is 15.9. The molecular formula is C21H21N3O3S2. The van der Waals surface area contributed by atoms with E-state index in [1.165, 1.54) is 29.0 Å². The van der Waals surface area contributed by atoms with Crippen LogP contribution in [0.25, 0.3) is 10.6 Å². The first-order valence-corrected chi connectivity index (χ1v) is 11.7. The summed E-state index contributed by atoms with van der Waals surface area (Å²) in [6.45, 7) is 2.03. The standard InChI is InChI=1S/C21H21N3O3S2/c1-14-5-7-15(8-6-14)21-23-18(13-28-21)12-20(25)22-17-3-2-4-19(11-17)29(26,27)24-16-9-10-16/h2-8,11,13,16,24H,9-10,12H2,1H3,(H,22,25). The molecule has 0 unspecified atom stereocenters. The largest absolute Gasteiger partial charge is 0.326 e. The smallest absolute Gasteiger partial charge is 0.240 e. The van der Waals surface area contributed by atoms with Gasteiger partial charge in [-0.15, -0.1) is 11.3 Å². The topological polar surface area (TPSA) is 88.2 Å². The van der Waals surface area contributed by atoms with Gasteiger partial charge in [0.05, 0.1) is 17.0 Å². The van der Waals surface area contributed by atoms with Gasteiger partial charge < -0.3 is 5.32 Å². The van der Waals surface area contributed by atoms with E-state index in [4.69, 9.17) is 0 Å². The Hall–Kier alpha value is -2.55. The molecular weight excluding hydrogens is 406 g/mol. The van der Waals surface area contributed by atoms with Gasteiger partial charge in [0.2, 0.25) is 15.9 Å². The van der Waals surface area contributed by atoms with E-state index in [1.807, 2.05) is 36.6 Å². The lowest BCUT2D eigenvalue weighted by Crippen LogP contribution is -2.25. The maximum atomic E-state index is 12.4. The van der Waals surface area contributed by atoms with Gasteiger partial charge in [-0.2, -0.15) is 0 Å². The molecule has 2 N–H and O–H groups in total. The minimum atomic E-state index is -3.56. The Morgan fingerprint density at radius 1 is 1.17 bits per heavy atom. The Bertz CT molecular complexity index is 1130. The predicted octanol–water partition coefficient (Wildman–Crippen LogP) is 3.74. The Labute approximate surface area is 174 Å². The van der Waals surface area contributed by atoms with Crippen molar-refractivity contribution in [2.24, 2.45) is 0 Å². The van der Waals surface area contributed by atoms with Crippen molar-refractivity contribution in [2.75, 3.05) is 5.32 Å². The molecule has 1 fully saturated rings. The number of nitrogens with one attached hydrogen (secondary N) is 2. The number of sulfonamides is 1. The molecule has 0 aliphatic heterocycles. The summed E-state index contributed by atoms with van der Waals surface area (Å²) in [5.41, 5.74) is 3.33. The number of aromatic nitrogens is 1.